The number of carbonyl (C=O) groups excluding carboxylic acids is 2. The molecule has 3 rings (SSSR count). The van der Waals surface area contributed by atoms with Gasteiger partial charge >= 0.3 is 0 Å². The monoisotopic (exact) mass is 527 g/mol. The van der Waals surface area contributed by atoms with Crippen LogP contribution in [0, 0.1) is 0 Å². The van der Waals surface area contributed by atoms with Crippen LogP contribution in [0.15, 0.2) is 89.8 Å². The molecule has 0 aliphatic carbocycles. The zero-order valence-corrected chi connectivity index (χ0v) is 21.9. The van der Waals surface area contributed by atoms with Crippen LogP contribution >= 0.6 is 11.6 Å². The summed E-state index contributed by atoms with van der Waals surface area (Å²) in [5.41, 5.74) is 1.31. The summed E-state index contributed by atoms with van der Waals surface area (Å²) in [5.74, 6) is -0.779. The molecule has 0 saturated carbocycles. The largest absolute Gasteiger partial charge is 0.357 e. The van der Waals surface area contributed by atoms with Gasteiger partial charge in [-0.25, -0.2) is 8.42 Å². The summed E-state index contributed by atoms with van der Waals surface area (Å²) in [6.45, 7) is 1.61. The molecule has 0 unspecified atom stereocenters. The lowest BCUT2D eigenvalue weighted by Crippen LogP contribution is -2.52. The van der Waals surface area contributed by atoms with Crippen LogP contribution in [0.1, 0.15) is 18.9 Å². The minimum atomic E-state index is -4.08. The van der Waals surface area contributed by atoms with Gasteiger partial charge in [0.2, 0.25) is 11.8 Å². The quantitative estimate of drug-likeness (QED) is 0.406. The van der Waals surface area contributed by atoms with Crippen LogP contribution in [0.3, 0.4) is 0 Å². The van der Waals surface area contributed by atoms with E-state index in [2.05, 4.69) is 5.32 Å². The maximum atomic E-state index is 13.7. The Morgan fingerprint density at radius 1 is 0.917 bits per heavy atom. The molecule has 0 aromatic heterocycles. The van der Waals surface area contributed by atoms with Crippen molar-refractivity contribution in [3.05, 3.63) is 95.5 Å². The molecular formula is C27H30ClN3O4S. The van der Waals surface area contributed by atoms with Gasteiger partial charge in [-0.15, -0.1) is 0 Å². The first-order valence-electron chi connectivity index (χ1n) is 11.7. The number of sulfonamides is 1. The predicted octanol–water partition coefficient (Wildman–Crippen LogP) is 4.13. The second-order valence-corrected chi connectivity index (χ2v) is 10.5. The van der Waals surface area contributed by atoms with Crippen LogP contribution in [0.5, 0.6) is 0 Å². The maximum absolute atomic E-state index is 13.7. The number of amides is 2. The van der Waals surface area contributed by atoms with E-state index >= 15 is 0 Å². The highest BCUT2D eigenvalue weighted by molar-refractivity contribution is 7.92. The fraction of sp³-hybridized carbons (Fsp3) is 0.259. The van der Waals surface area contributed by atoms with E-state index in [1.165, 1.54) is 24.1 Å². The highest BCUT2D eigenvalue weighted by Crippen LogP contribution is 2.26. The molecule has 0 fully saturated rings. The maximum Gasteiger partial charge on any atom is 0.264 e. The molecule has 0 bridgehead atoms. The van der Waals surface area contributed by atoms with Crippen molar-refractivity contribution in [2.75, 3.05) is 24.4 Å². The van der Waals surface area contributed by atoms with E-state index in [-0.39, 0.29) is 17.3 Å². The third kappa shape index (κ3) is 6.65. The van der Waals surface area contributed by atoms with Gasteiger partial charge in [0.05, 0.1) is 10.6 Å². The summed E-state index contributed by atoms with van der Waals surface area (Å²) in [6, 6.07) is 23.1. The molecule has 3 aromatic rings. The average molecular weight is 528 g/mol. The number of hydrogen-bond acceptors (Lipinski definition) is 4. The van der Waals surface area contributed by atoms with Crippen LogP contribution in [-0.4, -0.2) is 51.3 Å². The van der Waals surface area contributed by atoms with E-state index in [4.69, 9.17) is 11.6 Å². The molecule has 190 valence electrons. The molecule has 7 nitrogen and oxygen atoms in total. The number of likely N-dealkylation sites (N-methyl/N-ethyl adjacent to an activating group) is 1. The molecule has 0 radical (unpaired) electrons. The van der Waals surface area contributed by atoms with E-state index < -0.39 is 28.5 Å². The second-order valence-electron chi connectivity index (χ2n) is 8.16. The zero-order valence-electron chi connectivity index (χ0n) is 20.3. The standard InChI is InChI=1S/C27H30ClN3O4S/c1-3-25(27(33)29-2)30(19-18-21-10-6-4-7-11-21)26(32)20-31(23-16-14-22(28)15-17-23)36(34,35)24-12-8-5-9-13-24/h4-17,25H,3,18-20H2,1-2H3,(H,29,33)/t25-/m1/s1. The Hall–Kier alpha value is -3.36. The molecule has 0 spiro atoms. The number of rotatable bonds is 11. The van der Waals surface area contributed by atoms with Crippen molar-refractivity contribution in [2.45, 2.75) is 30.7 Å². The van der Waals surface area contributed by atoms with Crippen molar-refractivity contribution in [3.8, 4) is 0 Å². The Balaban J connectivity index is 1.98. The first-order valence-corrected chi connectivity index (χ1v) is 13.5. The van der Waals surface area contributed by atoms with Crippen molar-refractivity contribution in [1.82, 2.24) is 10.2 Å². The van der Waals surface area contributed by atoms with Gasteiger partial charge in [-0.05, 0) is 54.8 Å². The zero-order chi connectivity index (χ0) is 26.1. The van der Waals surface area contributed by atoms with Crippen LogP contribution in [0.2, 0.25) is 5.02 Å². The van der Waals surface area contributed by atoms with Crippen molar-refractivity contribution in [1.29, 1.82) is 0 Å². The van der Waals surface area contributed by atoms with Crippen LogP contribution < -0.4 is 9.62 Å². The number of nitrogens with one attached hydrogen (secondary N) is 1. The van der Waals surface area contributed by atoms with Crippen molar-refractivity contribution < 1.29 is 18.0 Å². The topological polar surface area (TPSA) is 86.8 Å². The van der Waals surface area contributed by atoms with E-state index in [0.29, 0.717) is 23.6 Å². The second kappa shape index (κ2) is 12.6. The SMILES string of the molecule is CC[C@H](C(=O)NC)N(CCc1ccccc1)C(=O)CN(c1ccc(Cl)cc1)S(=O)(=O)c1ccccc1. The summed E-state index contributed by atoms with van der Waals surface area (Å²) in [7, 11) is -2.56. The molecule has 3 aromatic carbocycles. The molecule has 0 aliphatic heterocycles. The van der Waals surface area contributed by atoms with Gasteiger partial charge in [0.15, 0.2) is 0 Å². The Labute approximate surface area is 217 Å². The smallest absolute Gasteiger partial charge is 0.264 e. The molecule has 1 atom stereocenters. The van der Waals surface area contributed by atoms with Crippen molar-refractivity contribution in [2.24, 2.45) is 0 Å². The van der Waals surface area contributed by atoms with E-state index in [1.54, 1.807) is 42.5 Å². The molecule has 1 N–H and O–H groups in total. The summed E-state index contributed by atoms with van der Waals surface area (Å²) in [5, 5.41) is 3.06. The minimum Gasteiger partial charge on any atom is -0.357 e. The number of hydrogen-bond donors (Lipinski definition) is 1. The Bertz CT molecular complexity index is 1250. The normalized spacial score (nSPS) is 12.0. The fourth-order valence-corrected chi connectivity index (χ4v) is 5.48. The van der Waals surface area contributed by atoms with Crippen LogP contribution in [0.25, 0.3) is 0 Å². The first-order chi connectivity index (χ1) is 17.3. The fourth-order valence-electron chi connectivity index (χ4n) is 3.92. The van der Waals surface area contributed by atoms with Crippen molar-refractivity contribution in [3.63, 3.8) is 0 Å². The van der Waals surface area contributed by atoms with Crippen LogP contribution in [-0.2, 0) is 26.0 Å². The summed E-state index contributed by atoms with van der Waals surface area (Å²) >= 11 is 6.03. The lowest BCUT2D eigenvalue weighted by molar-refractivity contribution is -0.139. The summed E-state index contributed by atoms with van der Waals surface area (Å²) < 4.78 is 28.3. The lowest BCUT2D eigenvalue weighted by Gasteiger charge is -2.33. The number of benzene rings is 3. The van der Waals surface area contributed by atoms with Crippen molar-refractivity contribution >= 4 is 39.1 Å². The van der Waals surface area contributed by atoms with Gasteiger partial charge in [-0.3, -0.25) is 13.9 Å². The molecule has 9 heteroatoms. The molecule has 0 saturated heterocycles. The van der Waals surface area contributed by atoms with E-state index in [1.807, 2.05) is 37.3 Å². The molecule has 36 heavy (non-hydrogen) atoms. The third-order valence-electron chi connectivity index (χ3n) is 5.84. The highest BCUT2D eigenvalue weighted by Gasteiger charge is 2.33. The van der Waals surface area contributed by atoms with Gasteiger partial charge < -0.3 is 10.2 Å². The van der Waals surface area contributed by atoms with Gasteiger partial charge in [-0.2, -0.15) is 0 Å². The van der Waals surface area contributed by atoms with Gasteiger partial charge in [0, 0.05) is 18.6 Å². The third-order valence-corrected chi connectivity index (χ3v) is 7.88. The van der Waals surface area contributed by atoms with E-state index in [0.717, 1.165) is 9.87 Å². The minimum absolute atomic E-state index is 0.0573. The predicted molar refractivity (Wildman–Crippen MR) is 142 cm³/mol. The Kier molecular flexibility index (Phi) is 9.50. The summed E-state index contributed by atoms with van der Waals surface area (Å²) in [4.78, 5) is 27.9. The van der Waals surface area contributed by atoms with Crippen LogP contribution in [0.4, 0.5) is 5.69 Å². The molecule has 0 heterocycles. The number of anilines is 1. The summed E-state index contributed by atoms with van der Waals surface area (Å²) in [6.07, 6.45) is 0.902. The van der Waals surface area contributed by atoms with E-state index in [9.17, 15) is 18.0 Å². The van der Waals surface area contributed by atoms with Gasteiger partial charge in [-0.1, -0.05) is 67.1 Å². The first kappa shape index (κ1) is 27.2. The highest BCUT2D eigenvalue weighted by atomic mass is 35.5. The lowest BCUT2D eigenvalue weighted by atomic mass is 10.1. The number of nitrogens with zero attached hydrogens (tertiary/aromatic N) is 2. The molecular weight excluding hydrogens is 498 g/mol. The average Bonchev–Trinajstić information content (AvgIpc) is 2.90. The molecule has 2 amide bonds. The molecule has 0 aliphatic rings. The van der Waals surface area contributed by atoms with Gasteiger partial charge in [0.25, 0.3) is 10.0 Å². The number of carbonyl (C=O) groups is 2. The van der Waals surface area contributed by atoms with Gasteiger partial charge in [0.1, 0.15) is 12.6 Å². The Morgan fingerprint density at radius 3 is 2.06 bits per heavy atom. The Morgan fingerprint density at radius 2 is 1.50 bits per heavy atom. The number of halogens is 1.